The summed E-state index contributed by atoms with van der Waals surface area (Å²) in [4.78, 5) is 33.4. The number of rotatable bonds is 2. The highest BCUT2D eigenvalue weighted by atomic mass is 35.5. The van der Waals surface area contributed by atoms with Crippen molar-refractivity contribution < 1.29 is 14.3 Å². The van der Waals surface area contributed by atoms with Crippen LogP contribution in [0, 0.1) is 0 Å². The van der Waals surface area contributed by atoms with Gasteiger partial charge in [-0.3, -0.25) is 9.69 Å². The molecule has 2 amide bonds. The van der Waals surface area contributed by atoms with Gasteiger partial charge in [0.05, 0.1) is 17.9 Å². The van der Waals surface area contributed by atoms with Crippen LogP contribution in [0.5, 0.6) is 0 Å². The van der Waals surface area contributed by atoms with Gasteiger partial charge in [0.1, 0.15) is 10.8 Å². The Labute approximate surface area is 187 Å². The van der Waals surface area contributed by atoms with E-state index in [4.69, 9.17) is 16.3 Å². The summed E-state index contributed by atoms with van der Waals surface area (Å²) in [6.45, 7) is 8.61. The van der Waals surface area contributed by atoms with Gasteiger partial charge in [-0.2, -0.15) is 0 Å². The van der Waals surface area contributed by atoms with Crippen molar-refractivity contribution in [1.82, 2.24) is 14.8 Å². The molecule has 0 bridgehead atoms. The first-order valence-electron chi connectivity index (χ1n) is 10.5. The van der Waals surface area contributed by atoms with Gasteiger partial charge in [0.25, 0.3) is 5.91 Å². The molecule has 2 aliphatic rings. The molecule has 2 aliphatic heterocycles. The maximum absolute atomic E-state index is 12.7. The number of piperazine rings is 1. The van der Waals surface area contributed by atoms with Gasteiger partial charge in [0.15, 0.2) is 0 Å². The number of hydrogen-bond acceptors (Lipinski definition) is 5. The van der Waals surface area contributed by atoms with E-state index in [0.717, 1.165) is 25.1 Å². The smallest absolute Gasteiger partial charge is 0.410 e. The van der Waals surface area contributed by atoms with Gasteiger partial charge in [0.2, 0.25) is 0 Å². The number of carbonyl (C=O) groups is 2. The molecule has 3 heterocycles. The fourth-order valence-electron chi connectivity index (χ4n) is 4.08. The molecule has 8 heteroatoms. The molecule has 0 aliphatic carbocycles. The number of pyridine rings is 1. The number of ether oxygens (including phenoxy) is 1. The standard InChI is InChI=1S/C23H27ClN4O3/c1-23(2,3)31-22(30)28-11-10-27-9-8-15-12-16(4-6-18(15)19(27)14-28)21(29)26-17-5-7-20(24)25-13-17/h4-7,12-13,19H,8-11,14H2,1-3H3,(H,26,29)/t19-/m0/s1. The zero-order valence-electron chi connectivity index (χ0n) is 18.0. The first-order valence-corrected chi connectivity index (χ1v) is 10.8. The van der Waals surface area contributed by atoms with Crippen LogP contribution in [0.2, 0.25) is 5.15 Å². The predicted molar refractivity (Wildman–Crippen MR) is 119 cm³/mol. The second-order valence-electron chi connectivity index (χ2n) is 8.97. The Kier molecular flexibility index (Phi) is 5.90. The molecule has 4 rings (SSSR count). The lowest BCUT2D eigenvalue weighted by molar-refractivity contribution is 0.00194. The van der Waals surface area contributed by atoms with E-state index in [1.54, 1.807) is 17.0 Å². The third-order valence-corrected chi connectivity index (χ3v) is 5.78. The van der Waals surface area contributed by atoms with Crippen LogP contribution in [-0.2, 0) is 11.2 Å². The Balaban J connectivity index is 1.49. The first kappa shape index (κ1) is 21.6. The molecule has 0 unspecified atom stereocenters. The molecule has 1 atom stereocenters. The Bertz CT molecular complexity index is 987. The van der Waals surface area contributed by atoms with Gasteiger partial charge < -0.3 is 15.0 Å². The fraction of sp³-hybridized carbons (Fsp3) is 0.435. The highest BCUT2D eigenvalue weighted by Gasteiger charge is 2.36. The quantitative estimate of drug-likeness (QED) is 0.707. The molecule has 7 nitrogen and oxygen atoms in total. The lowest BCUT2D eigenvalue weighted by Crippen LogP contribution is -2.53. The zero-order valence-corrected chi connectivity index (χ0v) is 18.8. The summed E-state index contributed by atoms with van der Waals surface area (Å²) in [5.74, 6) is -0.187. The summed E-state index contributed by atoms with van der Waals surface area (Å²) >= 11 is 5.80. The number of halogens is 1. The number of nitrogens with one attached hydrogen (secondary N) is 1. The van der Waals surface area contributed by atoms with Crippen molar-refractivity contribution in [3.63, 3.8) is 0 Å². The van der Waals surface area contributed by atoms with Gasteiger partial charge in [0, 0.05) is 31.7 Å². The number of amides is 2. The number of nitrogens with zero attached hydrogens (tertiary/aromatic N) is 3. The van der Waals surface area contributed by atoms with Crippen LogP contribution in [0.4, 0.5) is 10.5 Å². The number of fused-ring (bicyclic) bond motifs is 3. The van der Waals surface area contributed by atoms with Crippen LogP contribution in [0.15, 0.2) is 36.5 Å². The first-order chi connectivity index (χ1) is 14.7. The summed E-state index contributed by atoms with van der Waals surface area (Å²) in [6, 6.07) is 9.28. The molecule has 0 spiro atoms. The Morgan fingerprint density at radius 3 is 2.68 bits per heavy atom. The minimum absolute atomic E-state index is 0.114. The van der Waals surface area contributed by atoms with Crippen molar-refractivity contribution in [2.75, 3.05) is 31.5 Å². The van der Waals surface area contributed by atoms with Crippen LogP contribution < -0.4 is 5.32 Å². The van der Waals surface area contributed by atoms with Gasteiger partial charge >= 0.3 is 6.09 Å². The molecule has 1 aromatic heterocycles. The average molecular weight is 443 g/mol. The number of hydrogen-bond donors (Lipinski definition) is 1. The molecule has 1 fully saturated rings. The number of carbonyl (C=O) groups excluding carboxylic acids is 2. The van der Waals surface area contributed by atoms with Gasteiger partial charge in [-0.15, -0.1) is 0 Å². The Morgan fingerprint density at radius 2 is 1.97 bits per heavy atom. The summed E-state index contributed by atoms with van der Waals surface area (Å²) < 4.78 is 5.56. The zero-order chi connectivity index (χ0) is 22.2. The topological polar surface area (TPSA) is 74.8 Å². The highest BCUT2D eigenvalue weighted by Crippen LogP contribution is 2.33. The summed E-state index contributed by atoms with van der Waals surface area (Å²) in [7, 11) is 0. The van der Waals surface area contributed by atoms with E-state index >= 15 is 0 Å². The van der Waals surface area contributed by atoms with Gasteiger partial charge in [-0.25, -0.2) is 9.78 Å². The van der Waals surface area contributed by atoms with E-state index in [9.17, 15) is 9.59 Å². The summed E-state index contributed by atoms with van der Waals surface area (Å²) in [6.07, 6.45) is 2.14. The average Bonchev–Trinajstić information content (AvgIpc) is 2.73. The second kappa shape index (κ2) is 8.48. The minimum atomic E-state index is -0.513. The SMILES string of the molecule is CC(C)(C)OC(=O)N1CCN2CCc3cc(C(=O)Nc4ccc(Cl)nc4)ccc3[C@@H]2C1. The Hall–Kier alpha value is -2.64. The third-order valence-electron chi connectivity index (χ3n) is 5.56. The molecular weight excluding hydrogens is 416 g/mol. The van der Waals surface area contributed by atoms with E-state index in [1.807, 2.05) is 39.0 Å². The van der Waals surface area contributed by atoms with E-state index in [0.29, 0.717) is 29.5 Å². The normalized spacial score (nSPS) is 18.7. The van der Waals surface area contributed by atoms with E-state index in [-0.39, 0.29) is 18.0 Å². The largest absolute Gasteiger partial charge is 0.444 e. The molecule has 1 N–H and O–H groups in total. The Morgan fingerprint density at radius 1 is 1.16 bits per heavy atom. The van der Waals surface area contributed by atoms with Crippen LogP contribution in [0.25, 0.3) is 0 Å². The third kappa shape index (κ3) is 4.99. The molecular formula is C23H27ClN4O3. The van der Waals surface area contributed by atoms with Gasteiger partial charge in [-0.1, -0.05) is 17.7 Å². The van der Waals surface area contributed by atoms with E-state index in [1.165, 1.54) is 11.8 Å². The number of benzene rings is 1. The lowest BCUT2D eigenvalue weighted by atomic mass is 9.89. The molecule has 31 heavy (non-hydrogen) atoms. The molecule has 164 valence electrons. The van der Waals surface area contributed by atoms with Crippen molar-refractivity contribution >= 4 is 29.3 Å². The molecule has 1 saturated heterocycles. The van der Waals surface area contributed by atoms with Crippen LogP contribution >= 0.6 is 11.6 Å². The minimum Gasteiger partial charge on any atom is -0.444 e. The van der Waals surface area contributed by atoms with Crippen molar-refractivity contribution in [3.8, 4) is 0 Å². The lowest BCUT2D eigenvalue weighted by Gasteiger charge is -2.45. The summed E-state index contributed by atoms with van der Waals surface area (Å²) in [5.41, 5.74) is 3.00. The molecule has 0 radical (unpaired) electrons. The predicted octanol–water partition coefficient (Wildman–Crippen LogP) is 4.14. The van der Waals surface area contributed by atoms with Crippen LogP contribution in [-0.4, -0.2) is 58.6 Å². The number of anilines is 1. The van der Waals surface area contributed by atoms with Gasteiger partial charge in [-0.05, 0) is 62.6 Å². The second-order valence-corrected chi connectivity index (χ2v) is 9.35. The van der Waals surface area contributed by atoms with Crippen molar-refractivity contribution in [3.05, 3.63) is 58.4 Å². The van der Waals surface area contributed by atoms with Crippen LogP contribution in [0.1, 0.15) is 48.3 Å². The van der Waals surface area contributed by atoms with E-state index < -0.39 is 5.60 Å². The van der Waals surface area contributed by atoms with Crippen molar-refractivity contribution in [2.24, 2.45) is 0 Å². The number of aromatic nitrogens is 1. The van der Waals surface area contributed by atoms with Crippen LogP contribution in [0.3, 0.4) is 0 Å². The summed E-state index contributed by atoms with van der Waals surface area (Å²) in [5, 5.41) is 3.23. The monoisotopic (exact) mass is 442 g/mol. The fourth-order valence-corrected chi connectivity index (χ4v) is 4.19. The molecule has 2 aromatic rings. The maximum Gasteiger partial charge on any atom is 0.410 e. The van der Waals surface area contributed by atoms with E-state index in [2.05, 4.69) is 15.2 Å². The van der Waals surface area contributed by atoms with Crippen molar-refractivity contribution in [2.45, 2.75) is 38.8 Å². The molecule has 1 aromatic carbocycles. The highest BCUT2D eigenvalue weighted by molar-refractivity contribution is 6.29. The molecule has 0 saturated carbocycles. The van der Waals surface area contributed by atoms with Crippen molar-refractivity contribution in [1.29, 1.82) is 0 Å². The maximum atomic E-state index is 12.7.